The van der Waals surface area contributed by atoms with Crippen LogP contribution in [0.5, 0.6) is 0 Å². The van der Waals surface area contributed by atoms with Crippen molar-refractivity contribution in [3.63, 3.8) is 0 Å². The largest absolute Gasteiger partial charge is 0.548 e. The maximum absolute atomic E-state index is 11.4. The van der Waals surface area contributed by atoms with Crippen LogP contribution in [0.1, 0.15) is 18.6 Å². The van der Waals surface area contributed by atoms with E-state index in [2.05, 4.69) is 0 Å². The average Bonchev–Trinajstić information content (AvgIpc) is 2.78. The van der Waals surface area contributed by atoms with Crippen LogP contribution in [-0.4, -0.2) is 22.8 Å². The summed E-state index contributed by atoms with van der Waals surface area (Å²) in [4.78, 5) is 23.4. The number of carboxylic acids is 1. The minimum absolute atomic E-state index is 0.166. The van der Waals surface area contributed by atoms with E-state index in [-0.39, 0.29) is 18.9 Å². The molecule has 5 heteroatoms. The van der Waals surface area contributed by atoms with Gasteiger partial charge in [0.05, 0.1) is 24.8 Å². The number of carbonyl (C=O) groups excluding carboxylic acids is 2. The third kappa shape index (κ3) is 1.86. The van der Waals surface area contributed by atoms with E-state index in [0.717, 1.165) is 0 Å². The fourth-order valence-corrected chi connectivity index (χ4v) is 1.75. The highest BCUT2D eigenvalue weighted by molar-refractivity contribution is 5.86. The van der Waals surface area contributed by atoms with Crippen molar-refractivity contribution in [2.75, 3.05) is 0 Å². The van der Waals surface area contributed by atoms with Gasteiger partial charge in [-0.25, -0.2) is 0 Å². The number of nitrogens with zero attached hydrogens (tertiary/aromatic N) is 1. The smallest absolute Gasteiger partial charge is 0.223 e. The van der Waals surface area contributed by atoms with Crippen LogP contribution >= 0.6 is 0 Å². The van der Waals surface area contributed by atoms with E-state index in [9.17, 15) is 14.7 Å². The molecule has 1 aliphatic heterocycles. The van der Waals surface area contributed by atoms with Crippen LogP contribution in [0.15, 0.2) is 22.8 Å². The molecule has 2 heterocycles. The van der Waals surface area contributed by atoms with Crippen molar-refractivity contribution in [2.45, 2.75) is 25.4 Å². The van der Waals surface area contributed by atoms with E-state index in [1.54, 1.807) is 12.1 Å². The summed E-state index contributed by atoms with van der Waals surface area (Å²) in [6.07, 6.45) is 2.07. The van der Waals surface area contributed by atoms with Gasteiger partial charge in [-0.3, -0.25) is 4.79 Å². The minimum Gasteiger partial charge on any atom is -0.548 e. The van der Waals surface area contributed by atoms with Crippen LogP contribution in [0.3, 0.4) is 0 Å². The van der Waals surface area contributed by atoms with Gasteiger partial charge in [0.25, 0.3) is 0 Å². The number of aliphatic carboxylic acids is 1. The first kappa shape index (κ1) is 9.76. The quantitative estimate of drug-likeness (QED) is 0.672. The molecule has 0 N–H and O–H groups in total. The highest BCUT2D eigenvalue weighted by Crippen LogP contribution is 2.21. The zero-order valence-electron chi connectivity index (χ0n) is 8.01. The Morgan fingerprint density at radius 3 is 3.07 bits per heavy atom. The molecule has 1 aromatic rings. The van der Waals surface area contributed by atoms with Crippen LogP contribution in [0.4, 0.5) is 0 Å². The number of furan rings is 1. The molecule has 0 unspecified atom stereocenters. The molecule has 1 saturated heterocycles. The lowest BCUT2D eigenvalue weighted by atomic mass is 10.2. The Balaban J connectivity index is 2.11. The summed E-state index contributed by atoms with van der Waals surface area (Å²) in [5, 5.41) is 10.8. The fraction of sp³-hybridized carbons (Fsp3) is 0.400. The van der Waals surface area contributed by atoms with Crippen molar-refractivity contribution in [2.24, 2.45) is 0 Å². The SMILES string of the molecule is O=C([O-])[C@H]1CCC(=O)N1Cc1ccco1. The second-order valence-electron chi connectivity index (χ2n) is 3.47. The topological polar surface area (TPSA) is 73.6 Å². The molecule has 0 saturated carbocycles. The zero-order valence-corrected chi connectivity index (χ0v) is 8.01. The molecule has 1 aromatic heterocycles. The normalized spacial score (nSPS) is 20.9. The van der Waals surface area contributed by atoms with Gasteiger partial charge in [-0.1, -0.05) is 0 Å². The van der Waals surface area contributed by atoms with Gasteiger partial charge in [-0.2, -0.15) is 0 Å². The molecule has 0 spiro atoms. The first-order chi connectivity index (χ1) is 7.18. The Kier molecular flexibility index (Phi) is 2.45. The molecule has 0 bridgehead atoms. The van der Waals surface area contributed by atoms with Crippen LogP contribution in [0, 0.1) is 0 Å². The van der Waals surface area contributed by atoms with Gasteiger partial charge in [0, 0.05) is 6.42 Å². The number of rotatable bonds is 3. The van der Waals surface area contributed by atoms with Crippen LogP contribution < -0.4 is 5.11 Å². The van der Waals surface area contributed by atoms with Crippen molar-refractivity contribution in [1.29, 1.82) is 0 Å². The van der Waals surface area contributed by atoms with Crippen molar-refractivity contribution in [1.82, 2.24) is 4.90 Å². The predicted molar refractivity (Wildman–Crippen MR) is 47.3 cm³/mol. The molecule has 1 amide bonds. The Morgan fingerprint density at radius 2 is 2.47 bits per heavy atom. The zero-order chi connectivity index (χ0) is 10.8. The van der Waals surface area contributed by atoms with Crippen LogP contribution in [0.25, 0.3) is 0 Å². The third-order valence-corrected chi connectivity index (χ3v) is 2.51. The summed E-state index contributed by atoms with van der Waals surface area (Å²) in [6, 6.07) is 2.59. The molecule has 0 aliphatic carbocycles. The Hall–Kier alpha value is -1.78. The van der Waals surface area contributed by atoms with Crippen LogP contribution in [0.2, 0.25) is 0 Å². The lowest BCUT2D eigenvalue weighted by Crippen LogP contribution is -2.45. The standard InChI is InChI=1S/C10H11NO4/c12-9-4-3-8(10(13)14)11(9)6-7-2-1-5-15-7/h1-2,5,8H,3-4,6H2,(H,13,14)/p-1/t8-/m1/s1. The van der Waals surface area contributed by atoms with Crippen molar-refractivity contribution >= 4 is 11.9 Å². The molecular formula is C10H10NO4-. The van der Waals surface area contributed by atoms with E-state index in [0.29, 0.717) is 12.2 Å². The first-order valence-electron chi connectivity index (χ1n) is 4.71. The number of hydrogen-bond donors (Lipinski definition) is 0. The Morgan fingerprint density at radius 1 is 1.67 bits per heavy atom. The van der Waals surface area contributed by atoms with Gasteiger partial charge in [0.1, 0.15) is 5.76 Å². The van der Waals surface area contributed by atoms with Gasteiger partial charge in [-0.05, 0) is 18.6 Å². The molecule has 1 atom stereocenters. The summed E-state index contributed by atoms with van der Waals surface area (Å²) in [5.41, 5.74) is 0. The molecule has 15 heavy (non-hydrogen) atoms. The summed E-state index contributed by atoms with van der Waals surface area (Å²) < 4.78 is 5.06. The maximum atomic E-state index is 11.4. The number of likely N-dealkylation sites (tertiary alicyclic amines) is 1. The van der Waals surface area contributed by atoms with Gasteiger partial charge in [-0.15, -0.1) is 0 Å². The summed E-state index contributed by atoms with van der Waals surface area (Å²) in [6.45, 7) is 0.199. The number of carbonyl (C=O) groups is 2. The van der Waals surface area contributed by atoms with E-state index in [1.165, 1.54) is 11.2 Å². The van der Waals surface area contributed by atoms with E-state index in [1.807, 2.05) is 0 Å². The summed E-state index contributed by atoms with van der Waals surface area (Å²) in [5.74, 6) is -0.787. The number of carboxylic acid groups (broad SMARTS) is 1. The Labute approximate surface area is 86.3 Å². The molecule has 1 aliphatic rings. The average molecular weight is 208 g/mol. The fourth-order valence-electron chi connectivity index (χ4n) is 1.75. The highest BCUT2D eigenvalue weighted by Gasteiger charge is 2.32. The molecule has 2 rings (SSSR count). The summed E-state index contributed by atoms with van der Waals surface area (Å²) >= 11 is 0. The first-order valence-corrected chi connectivity index (χ1v) is 4.71. The van der Waals surface area contributed by atoms with E-state index in [4.69, 9.17) is 4.42 Å². The number of amides is 1. The van der Waals surface area contributed by atoms with Crippen molar-refractivity contribution in [3.05, 3.63) is 24.2 Å². The Bertz CT molecular complexity index is 371. The summed E-state index contributed by atoms with van der Waals surface area (Å²) in [7, 11) is 0. The van der Waals surface area contributed by atoms with Crippen molar-refractivity contribution in [3.8, 4) is 0 Å². The van der Waals surface area contributed by atoms with Gasteiger partial charge in [0.2, 0.25) is 5.91 Å². The molecular weight excluding hydrogens is 198 g/mol. The second kappa shape index (κ2) is 3.76. The molecule has 0 aromatic carbocycles. The minimum atomic E-state index is -1.20. The third-order valence-electron chi connectivity index (χ3n) is 2.51. The lowest BCUT2D eigenvalue weighted by molar-refractivity contribution is -0.310. The van der Waals surface area contributed by atoms with Gasteiger partial charge < -0.3 is 19.2 Å². The molecule has 0 radical (unpaired) electrons. The van der Waals surface area contributed by atoms with Gasteiger partial charge in [0.15, 0.2) is 0 Å². The molecule has 5 nitrogen and oxygen atoms in total. The molecule has 80 valence electrons. The lowest BCUT2D eigenvalue weighted by Gasteiger charge is -2.24. The van der Waals surface area contributed by atoms with Gasteiger partial charge >= 0.3 is 0 Å². The van der Waals surface area contributed by atoms with Crippen LogP contribution in [-0.2, 0) is 16.1 Å². The predicted octanol–water partition coefficient (Wildman–Crippen LogP) is -0.479. The number of hydrogen-bond acceptors (Lipinski definition) is 4. The maximum Gasteiger partial charge on any atom is 0.223 e. The monoisotopic (exact) mass is 208 g/mol. The van der Waals surface area contributed by atoms with Crippen molar-refractivity contribution < 1.29 is 19.1 Å². The highest BCUT2D eigenvalue weighted by atomic mass is 16.4. The second-order valence-corrected chi connectivity index (χ2v) is 3.47. The van der Waals surface area contributed by atoms with E-state index >= 15 is 0 Å². The molecule has 1 fully saturated rings. The van der Waals surface area contributed by atoms with E-state index < -0.39 is 12.0 Å².